The summed E-state index contributed by atoms with van der Waals surface area (Å²) in [6.07, 6.45) is 64.6. The number of carbonyl (C=O) groups is 3. The molecule has 0 saturated heterocycles. The third kappa shape index (κ3) is 52.9. The van der Waals surface area contributed by atoms with Gasteiger partial charge in [-0.3, -0.25) is 14.4 Å². The van der Waals surface area contributed by atoms with Crippen molar-refractivity contribution in [3.05, 3.63) is 24.3 Å². The van der Waals surface area contributed by atoms with Crippen molar-refractivity contribution >= 4 is 17.9 Å². The van der Waals surface area contributed by atoms with Crippen molar-refractivity contribution in [2.75, 3.05) is 13.2 Å². The van der Waals surface area contributed by atoms with Gasteiger partial charge in [0.05, 0.1) is 0 Å². The van der Waals surface area contributed by atoms with E-state index >= 15 is 0 Å². The molecule has 6 heteroatoms. The first-order valence-electron chi connectivity index (χ1n) is 29.3. The third-order valence-corrected chi connectivity index (χ3v) is 13.2. The normalized spacial score (nSPS) is 12.1. The van der Waals surface area contributed by atoms with E-state index in [1.807, 2.05) is 0 Å². The molecule has 0 fully saturated rings. The lowest BCUT2D eigenvalue weighted by Gasteiger charge is -2.18. The Kier molecular flexibility index (Phi) is 53.7. The number of esters is 3. The molecule has 0 N–H and O–H groups in total. The number of rotatable bonds is 54. The van der Waals surface area contributed by atoms with Gasteiger partial charge in [-0.25, -0.2) is 0 Å². The van der Waals surface area contributed by atoms with E-state index in [4.69, 9.17) is 14.2 Å². The fraction of sp³-hybridized carbons (Fsp3) is 0.883. The van der Waals surface area contributed by atoms with Crippen LogP contribution in [-0.2, 0) is 28.6 Å². The van der Waals surface area contributed by atoms with Gasteiger partial charge in [-0.2, -0.15) is 0 Å². The van der Waals surface area contributed by atoms with E-state index < -0.39 is 6.10 Å². The SMILES string of the molecule is CCCC/C=C\CCCCCCCC(=O)OCC(COC(=O)CCCCCCCCCCCCCCCCCCCCC)OC(=O)CCCCCCC/C=C\CCCCCCCCCCC. The third-order valence-electron chi connectivity index (χ3n) is 13.2. The van der Waals surface area contributed by atoms with Crippen LogP contribution in [0.3, 0.4) is 0 Å². The molecule has 0 aliphatic rings. The summed E-state index contributed by atoms with van der Waals surface area (Å²) in [6.45, 7) is 6.64. The number of hydrogen-bond acceptors (Lipinski definition) is 6. The smallest absolute Gasteiger partial charge is 0.306 e. The van der Waals surface area contributed by atoms with Crippen molar-refractivity contribution in [1.29, 1.82) is 0 Å². The summed E-state index contributed by atoms with van der Waals surface area (Å²) in [6, 6.07) is 0. The second kappa shape index (κ2) is 55.5. The summed E-state index contributed by atoms with van der Waals surface area (Å²) >= 11 is 0. The number of allylic oxidation sites excluding steroid dienone is 4. The Bertz CT molecular complexity index is 1070. The van der Waals surface area contributed by atoms with Crippen LogP contribution in [0.5, 0.6) is 0 Å². The second-order valence-corrected chi connectivity index (χ2v) is 19.9. The number of unbranched alkanes of at least 4 members (excludes halogenated alkanes) is 39. The van der Waals surface area contributed by atoms with Crippen molar-refractivity contribution in [2.24, 2.45) is 0 Å². The highest BCUT2D eigenvalue weighted by Gasteiger charge is 2.19. The van der Waals surface area contributed by atoms with Crippen molar-refractivity contribution in [3.8, 4) is 0 Å². The van der Waals surface area contributed by atoms with E-state index in [0.717, 1.165) is 70.6 Å². The summed E-state index contributed by atoms with van der Waals surface area (Å²) < 4.78 is 16.9. The predicted molar refractivity (Wildman–Crippen MR) is 284 cm³/mol. The lowest BCUT2D eigenvalue weighted by atomic mass is 10.0. The first-order chi connectivity index (χ1) is 32.5. The van der Waals surface area contributed by atoms with E-state index in [-0.39, 0.29) is 31.1 Å². The van der Waals surface area contributed by atoms with Gasteiger partial charge in [-0.1, -0.05) is 263 Å². The molecule has 388 valence electrons. The van der Waals surface area contributed by atoms with E-state index in [9.17, 15) is 14.4 Å². The van der Waals surface area contributed by atoms with Crippen LogP contribution in [0.25, 0.3) is 0 Å². The van der Waals surface area contributed by atoms with Gasteiger partial charge in [0, 0.05) is 19.3 Å². The minimum Gasteiger partial charge on any atom is -0.462 e. The predicted octanol–water partition coefficient (Wildman–Crippen LogP) is 19.5. The van der Waals surface area contributed by atoms with E-state index in [1.54, 1.807) is 0 Å². The van der Waals surface area contributed by atoms with Crippen LogP contribution in [0.1, 0.15) is 323 Å². The molecule has 0 saturated carbocycles. The van der Waals surface area contributed by atoms with E-state index in [1.165, 1.54) is 212 Å². The molecule has 0 amide bonds. The molecule has 0 aromatic heterocycles. The van der Waals surface area contributed by atoms with Crippen molar-refractivity contribution in [3.63, 3.8) is 0 Å². The summed E-state index contributed by atoms with van der Waals surface area (Å²) in [7, 11) is 0. The van der Waals surface area contributed by atoms with Gasteiger partial charge in [0.25, 0.3) is 0 Å². The molecule has 0 rings (SSSR count). The van der Waals surface area contributed by atoms with Crippen LogP contribution in [0.15, 0.2) is 24.3 Å². The van der Waals surface area contributed by atoms with Crippen molar-refractivity contribution in [1.82, 2.24) is 0 Å². The lowest BCUT2D eigenvalue weighted by Crippen LogP contribution is -2.30. The van der Waals surface area contributed by atoms with Crippen LogP contribution in [-0.4, -0.2) is 37.2 Å². The van der Waals surface area contributed by atoms with E-state index in [2.05, 4.69) is 45.1 Å². The van der Waals surface area contributed by atoms with Crippen LogP contribution in [0, 0.1) is 0 Å². The average molecular weight is 930 g/mol. The molecule has 0 aliphatic heterocycles. The molecule has 0 spiro atoms. The van der Waals surface area contributed by atoms with Gasteiger partial charge < -0.3 is 14.2 Å². The fourth-order valence-electron chi connectivity index (χ4n) is 8.71. The van der Waals surface area contributed by atoms with Gasteiger partial charge in [-0.05, 0) is 64.2 Å². The zero-order chi connectivity index (χ0) is 47.9. The quantitative estimate of drug-likeness (QED) is 0.0262. The summed E-state index contributed by atoms with van der Waals surface area (Å²) in [4.78, 5) is 38.1. The largest absolute Gasteiger partial charge is 0.462 e. The molecule has 0 aliphatic carbocycles. The zero-order valence-corrected chi connectivity index (χ0v) is 44.5. The van der Waals surface area contributed by atoms with Gasteiger partial charge >= 0.3 is 17.9 Å². The van der Waals surface area contributed by atoms with Crippen LogP contribution in [0.2, 0.25) is 0 Å². The maximum atomic E-state index is 12.8. The molecular formula is C60H112O6. The maximum Gasteiger partial charge on any atom is 0.306 e. The fourth-order valence-corrected chi connectivity index (χ4v) is 8.71. The molecule has 0 heterocycles. The Balaban J connectivity index is 4.28. The standard InChI is InChI=1S/C60H112O6/c1-4-7-10-13-16-19-22-24-26-28-30-32-33-35-38-41-44-47-50-53-59(62)65-56-57(55-64-58(61)52-49-46-43-40-37-21-18-15-12-9-6-3)66-60(63)54-51-48-45-42-39-36-34-31-29-27-25-23-20-17-14-11-8-5-2/h15,18,31,34,57H,4-14,16-17,19-30,32-33,35-56H2,1-3H3/b18-15-,34-31-. The summed E-state index contributed by atoms with van der Waals surface area (Å²) in [5, 5.41) is 0. The van der Waals surface area contributed by atoms with Gasteiger partial charge in [-0.15, -0.1) is 0 Å². The highest BCUT2D eigenvalue weighted by atomic mass is 16.6. The minimum atomic E-state index is -0.775. The minimum absolute atomic E-state index is 0.0729. The molecule has 0 bridgehead atoms. The first-order valence-corrected chi connectivity index (χ1v) is 29.3. The summed E-state index contributed by atoms with van der Waals surface area (Å²) in [5.74, 6) is -0.872. The lowest BCUT2D eigenvalue weighted by molar-refractivity contribution is -0.167. The number of ether oxygens (including phenoxy) is 3. The van der Waals surface area contributed by atoms with Gasteiger partial charge in [0.15, 0.2) is 6.10 Å². The molecule has 0 aromatic rings. The second-order valence-electron chi connectivity index (χ2n) is 19.9. The Morgan fingerprint density at radius 1 is 0.288 bits per heavy atom. The Labute approximate surface area is 411 Å². The number of hydrogen-bond donors (Lipinski definition) is 0. The molecule has 0 aromatic carbocycles. The maximum absolute atomic E-state index is 12.8. The molecule has 66 heavy (non-hydrogen) atoms. The van der Waals surface area contributed by atoms with Gasteiger partial charge in [0.1, 0.15) is 13.2 Å². The summed E-state index contributed by atoms with van der Waals surface area (Å²) in [5.41, 5.74) is 0. The molecule has 1 atom stereocenters. The molecule has 0 radical (unpaired) electrons. The average Bonchev–Trinajstić information content (AvgIpc) is 3.31. The molecule has 6 nitrogen and oxygen atoms in total. The Morgan fingerprint density at radius 2 is 0.515 bits per heavy atom. The first kappa shape index (κ1) is 63.9. The van der Waals surface area contributed by atoms with Crippen LogP contribution in [0.4, 0.5) is 0 Å². The molecular weight excluding hydrogens is 817 g/mol. The van der Waals surface area contributed by atoms with Crippen LogP contribution < -0.4 is 0 Å². The van der Waals surface area contributed by atoms with E-state index in [0.29, 0.717) is 19.3 Å². The Morgan fingerprint density at radius 3 is 0.803 bits per heavy atom. The number of carbonyl (C=O) groups excluding carboxylic acids is 3. The van der Waals surface area contributed by atoms with Crippen LogP contribution >= 0.6 is 0 Å². The zero-order valence-electron chi connectivity index (χ0n) is 44.5. The van der Waals surface area contributed by atoms with Gasteiger partial charge in [0.2, 0.25) is 0 Å². The van der Waals surface area contributed by atoms with Crippen molar-refractivity contribution < 1.29 is 28.6 Å². The molecule has 1 unspecified atom stereocenters. The Hall–Kier alpha value is -2.11. The van der Waals surface area contributed by atoms with Crippen molar-refractivity contribution in [2.45, 2.75) is 329 Å². The monoisotopic (exact) mass is 929 g/mol. The highest BCUT2D eigenvalue weighted by Crippen LogP contribution is 2.17. The highest BCUT2D eigenvalue weighted by molar-refractivity contribution is 5.71. The topological polar surface area (TPSA) is 78.9 Å².